The van der Waals surface area contributed by atoms with Crippen LogP contribution < -0.4 is 5.32 Å². The first-order chi connectivity index (χ1) is 13.0. The fourth-order valence-electron chi connectivity index (χ4n) is 3.20. The van der Waals surface area contributed by atoms with E-state index in [9.17, 15) is 0 Å². The Morgan fingerprint density at radius 2 is 2.07 bits per heavy atom. The van der Waals surface area contributed by atoms with Gasteiger partial charge in [0.1, 0.15) is 11.6 Å². The minimum absolute atomic E-state index is 0.228. The molecule has 1 aliphatic rings. The molecule has 0 amide bonds. The van der Waals surface area contributed by atoms with Crippen molar-refractivity contribution in [3.63, 3.8) is 0 Å². The molecule has 0 radical (unpaired) electrons. The van der Waals surface area contributed by atoms with Gasteiger partial charge in [-0.2, -0.15) is 5.26 Å². The molecule has 1 fully saturated rings. The molecule has 3 aromatic rings. The van der Waals surface area contributed by atoms with Gasteiger partial charge >= 0.3 is 0 Å². The van der Waals surface area contributed by atoms with Crippen LogP contribution in [0.15, 0.2) is 53.2 Å². The van der Waals surface area contributed by atoms with Crippen LogP contribution in [-0.2, 0) is 10.4 Å². The van der Waals surface area contributed by atoms with Crippen LogP contribution >= 0.6 is 22.7 Å². The molecular weight excluding hydrogens is 376 g/mol. The van der Waals surface area contributed by atoms with Gasteiger partial charge in [-0.3, -0.25) is 10.2 Å². The minimum Gasteiger partial charge on any atom is -0.341 e. The van der Waals surface area contributed by atoms with E-state index in [-0.39, 0.29) is 12.1 Å². The first-order valence-electron chi connectivity index (χ1n) is 8.41. The number of nitriles is 1. The maximum atomic E-state index is 9.15. The second kappa shape index (κ2) is 6.82. The largest absolute Gasteiger partial charge is 0.341 e. The zero-order valence-corrected chi connectivity index (χ0v) is 16.5. The Labute approximate surface area is 165 Å². The zero-order valence-electron chi connectivity index (χ0n) is 14.9. The molecule has 0 bridgehead atoms. The van der Waals surface area contributed by atoms with Crippen LogP contribution in [0.4, 0.5) is 0 Å². The molecule has 27 heavy (non-hydrogen) atoms. The summed E-state index contributed by atoms with van der Waals surface area (Å²) in [6, 6.07) is 16.0. The van der Waals surface area contributed by atoms with Gasteiger partial charge in [0.15, 0.2) is 0 Å². The van der Waals surface area contributed by atoms with Crippen LogP contribution in [0, 0.1) is 16.7 Å². The summed E-state index contributed by atoms with van der Waals surface area (Å²) in [5.74, 6) is 0.228. The lowest BCUT2D eigenvalue weighted by Gasteiger charge is -2.45. The molecule has 0 saturated carbocycles. The van der Waals surface area contributed by atoms with Crippen LogP contribution in [-0.4, -0.2) is 18.1 Å². The van der Waals surface area contributed by atoms with Gasteiger partial charge in [-0.05, 0) is 53.1 Å². The summed E-state index contributed by atoms with van der Waals surface area (Å²) in [4.78, 5) is 8.27. The van der Waals surface area contributed by atoms with Gasteiger partial charge in [-0.1, -0.05) is 18.2 Å². The third kappa shape index (κ3) is 3.12. The van der Waals surface area contributed by atoms with Gasteiger partial charge in [-0.15, -0.1) is 22.7 Å². The van der Waals surface area contributed by atoms with Crippen LogP contribution in [0.5, 0.6) is 0 Å². The molecule has 1 saturated heterocycles. The Morgan fingerprint density at radius 3 is 2.81 bits per heavy atom. The molecule has 7 heteroatoms. The van der Waals surface area contributed by atoms with E-state index in [1.165, 1.54) is 5.06 Å². The molecule has 1 aromatic carbocycles. The van der Waals surface area contributed by atoms with Crippen molar-refractivity contribution in [2.45, 2.75) is 18.6 Å². The number of guanidine groups is 1. The Bertz CT molecular complexity index is 1020. The highest BCUT2D eigenvalue weighted by atomic mass is 32.1. The summed E-state index contributed by atoms with van der Waals surface area (Å²) in [7, 11) is 1.74. The summed E-state index contributed by atoms with van der Waals surface area (Å²) in [5, 5.41) is 26.3. The van der Waals surface area contributed by atoms with Crippen LogP contribution in [0.2, 0.25) is 0 Å². The maximum Gasteiger partial charge on any atom is 0.216 e. The lowest BCUT2D eigenvalue weighted by atomic mass is 9.90. The van der Waals surface area contributed by atoms with Gasteiger partial charge in [0.2, 0.25) is 5.96 Å². The Morgan fingerprint density at radius 1 is 1.22 bits per heavy atom. The maximum absolute atomic E-state index is 9.15. The second-order valence-electron chi connectivity index (χ2n) is 6.57. The monoisotopic (exact) mass is 394 g/mol. The van der Waals surface area contributed by atoms with E-state index in [0.29, 0.717) is 5.56 Å². The summed E-state index contributed by atoms with van der Waals surface area (Å²) < 4.78 is 0. The number of nitrogens with one attached hydrogen (secondary N) is 2. The summed E-state index contributed by atoms with van der Waals surface area (Å²) in [6.45, 7) is 2.07. The molecule has 4 rings (SSSR count). The van der Waals surface area contributed by atoms with Crippen LogP contribution in [0.25, 0.3) is 11.1 Å². The molecule has 2 N–H and O–H groups in total. The van der Waals surface area contributed by atoms with E-state index in [1.54, 1.807) is 35.8 Å². The summed E-state index contributed by atoms with van der Waals surface area (Å²) >= 11 is 3.28. The van der Waals surface area contributed by atoms with Gasteiger partial charge in [0.05, 0.1) is 11.6 Å². The van der Waals surface area contributed by atoms with Gasteiger partial charge < -0.3 is 5.32 Å². The summed E-state index contributed by atoms with van der Waals surface area (Å²) in [5.41, 5.74) is 2.15. The normalized spacial score (nSPS) is 22.3. The van der Waals surface area contributed by atoms with Crippen molar-refractivity contribution in [3.05, 3.63) is 68.5 Å². The second-order valence-corrected chi connectivity index (χ2v) is 8.46. The molecular formula is C20H18N4OS2. The van der Waals surface area contributed by atoms with E-state index >= 15 is 0 Å². The first kappa shape index (κ1) is 17.7. The number of hydrogen-bond acceptors (Lipinski definition) is 5. The molecule has 136 valence electrons. The fraction of sp³-hybridized carbons (Fsp3) is 0.200. The third-order valence-corrected chi connectivity index (χ3v) is 6.80. The van der Waals surface area contributed by atoms with Crippen molar-refractivity contribution in [3.8, 4) is 17.2 Å². The van der Waals surface area contributed by atoms with Crippen molar-refractivity contribution in [1.29, 1.82) is 10.7 Å². The molecule has 3 heterocycles. The van der Waals surface area contributed by atoms with E-state index in [0.717, 1.165) is 20.9 Å². The number of hydrogen-bond donors (Lipinski definition) is 2. The molecule has 0 spiro atoms. The highest BCUT2D eigenvalue weighted by Gasteiger charge is 2.45. The average molecular weight is 395 g/mol. The van der Waals surface area contributed by atoms with E-state index in [4.69, 9.17) is 15.5 Å². The van der Waals surface area contributed by atoms with Gasteiger partial charge in [0.25, 0.3) is 0 Å². The van der Waals surface area contributed by atoms with Crippen molar-refractivity contribution < 1.29 is 4.84 Å². The van der Waals surface area contributed by atoms with E-state index in [1.807, 2.05) is 29.6 Å². The third-order valence-electron chi connectivity index (χ3n) is 4.72. The number of nitrogens with zero attached hydrogens (tertiary/aromatic N) is 2. The molecule has 0 aliphatic carbocycles. The van der Waals surface area contributed by atoms with Crippen molar-refractivity contribution in [2.75, 3.05) is 7.05 Å². The number of rotatable bonds is 3. The molecule has 0 unspecified atom stereocenters. The predicted molar refractivity (Wildman–Crippen MR) is 109 cm³/mol. The lowest BCUT2D eigenvalue weighted by molar-refractivity contribution is -0.183. The number of benzene rings is 1. The minimum atomic E-state index is -0.565. The molecule has 2 atom stereocenters. The molecule has 5 nitrogen and oxygen atoms in total. The zero-order chi connectivity index (χ0) is 19.0. The fourth-order valence-corrected chi connectivity index (χ4v) is 5.13. The average Bonchev–Trinajstić information content (AvgIpc) is 3.37. The predicted octanol–water partition coefficient (Wildman–Crippen LogP) is 4.71. The van der Waals surface area contributed by atoms with Crippen molar-refractivity contribution in [1.82, 2.24) is 10.4 Å². The Kier molecular flexibility index (Phi) is 4.48. The summed E-state index contributed by atoms with van der Waals surface area (Å²) in [6.07, 6.45) is -0.242. The number of hydroxylamine groups is 2. The van der Waals surface area contributed by atoms with E-state index in [2.05, 4.69) is 35.8 Å². The Hall–Kier alpha value is -2.66. The van der Waals surface area contributed by atoms with Crippen LogP contribution in [0.3, 0.4) is 0 Å². The highest BCUT2D eigenvalue weighted by Crippen LogP contribution is 2.45. The van der Waals surface area contributed by atoms with Crippen LogP contribution in [0.1, 0.15) is 28.3 Å². The van der Waals surface area contributed by atoms with Crippen molar-refractivity contribution in [2.24, 2.45) is 0 Å². The van der Waals surface area contributed by atoms with Gasteiger partial charge in [-0.25, -0.2) is 5.06 Å². The smallest absolute Gasteiger partial charge is 0.216 e. The van der Waals surface area contributed by atoms with Crippen molar-refractivity contribution >= 4 is 28.6 Å². The highest BCUT2D eigenvalue weighted by molar-refractivity contribution is 7.11. The standard InChI is InChI=1S/C20H18N4OS2/c1-20(18(16-7-4-8-26-16)25-24(2)19(22)23-20)17-10-15(12-27-17)14-6-3-5-13(9-14)11-21/h3-10,12,18H,1-2H3,(H2,22,23)/t18-,20+/m0/s1. The Balaban J connectivity index is 1.75. The first-order valence-corrected chi connectivity index (χ1v) is 10.2. The number of thiophene rings is 2. The molecule has 2 aromatic heterocycles. The molecule has 1 aliphatic heterocycles. The van der Waals surface area contributed by atoms with E-state index < -0.39 is 5.54 Å². The quantitative estimate of drug-likeness (QED) is 0.675. The lowest BCUT2D eigenvalue weighted by Crippen LogP contribution is -2.58. The SMILES string of the molecule is CN1O[C@@H](c2cccs2)[C@@](C)(c2cc(-c3cccc(C#N)c3)cs2)NC1=N. The van der Waals surface area contributed by atoms with Gasteiger partial charge in [0, 0.05) is 16.8 Å². The topological polar surface area (TPSA) is 72.1 Å².